The van der Waals surface area contributed by atoms with Gasteiger partial charge in [0.25, 0.3) is 0 Å². The molecule has 1 saturated heterocycles. The predicted octanol–water partition coefficient (Wildman–Crippen LogP) is -0.634. The Morgan fingerprint density at radius 3 is 2.94 bits per heavy atom. The molecule has 0 amide bonds. The summed E-state index contributed by atoms with van der Waals surface area (Å²) in [6.07, 6.45) is 0.255. The number of anilines is 1. The third kappa shape index (κ3) is 2.12. The number of rotatable bonds is 3. The molecule has 4 atom stereocenters. The fourth-order valence-corrected chi connectivity index (χ4v) is 2.24. The topological polar surface area (TPSA) is 99.6 Å². The van der Waals surface area contributed by atoms with Gasteiger partial charge in [-0.1, -0.05) is 6.92 Å². The monoisotopic (exact) mass is 255 g/mol. The van der Waals surface area contributed by atoms with E-state index in [0.717, 1.165) is 0 Å². The van der Waals surface area contributed by atoms with Crippen LogP contribution in [0.4, 0.5) is 5.82 Å². The Hall–Kier alpha value is -1.44. The molecule has 0 saturated carbocycles. The summed E-state index contributed by atoms with van der Waals surface area (Å²) < 4.78 is 12.3. The molecular weight excluding hydrogens is 238 g/mol. The molecular formula is C11H17N3O4. The van der Waals surface area contributed by atoms with Crippen LogP contribution in [-0.4, -0.2) is 40.6 Å². The standard InChI is InChI=1S/C11H17N3O4/c1-6-7(5-15)18-10(9(6)17-2)14-4-3-8(12)13-11(14)16/h3-4,6-7,9-10,15H,5H2,1-2H3,(H2,12,13,16)/t6?,7-,9-,10-/m1/s1. The van der Waals surface area contributed by atoms with Crippen molar-refractivity contribution >= 4 is 5.82 Å². The number of ether oxygens (including phenoxy) is 2. The molecule has 1 aliphatic rings. The van der Waals surface area contributed by atoms with Crippen molar-refractivity contribution in [1.29, 1.82) is 0 Å². The second-order valence-corrected chi connectivity index (χ2v) is 4.35. The lowest BCUT2D eigenvalue weighted by Gasteiger charge is -2.20. The average molecular weight is 255 g/mol. The van der Waals surface area contributed by atoms with Crippen LogP contribution in [0.3, 0.4) is 0 Å². The Kier molecular flexibility index (Phi) is 3.65. The summed E-state index contributed by atoms with van der Waals surface area (Å²) in [5.74, 6) is 0.143. The summed E-state index contributed by atoms with van der Waals surface area (Å²) in [6.45, 7) is 1.79. The summed E-state index contributed by atoms with van der Waals surface area (Å²) in [4.78, 5) is 15.4. The molecule has 2 heterocycles. The zero-order valence-electron chi connectivity index (χ0n) is 10.3. The van der Waals surface area contributed by atoms with E-state index in [0.29, 0.717) is 0 Å². The van der Waals surface area contributed by atoms with E-state index in [1.165, 1.54) is 16.8 Å². The number of nitrogens with zero attached hydrogens (tertiary/aromatic N) is 2. The molecule has 0 aliphatic carbocycles. The zero-order chi connectivity index (χ0) is 13.3. The number of nitrogen functional groups attached to an aromatic ring is 1. The molecule has 0 radical (unpaired) electrons. The van der Waals surface area contributed by atoms with Gasteiger partial charge in [-0.3, -0.25) is 4.57 Å². The highest BCUT2D eigenvalue weighted by Crippen LogP contribution is 2.34. The zero-order valence-corrected chi connectivity index (χ0v) is 10.3. The van der Waals surface area contributed by atoms with Crippen LogP contribution < -0.4 is 11.4 Å². The second-order valence-electron chi connectivity index (χ2n) is 4.35. The van der Waals surface area contributed by atoms with Gasteiger partial charge < -0.3 is 20.3 Å². The molecule has 0 aromatic carbocycles. The van der Waals surface area contributed by atoms with Crippen LogP contribution in [0.2, 0.25) is 0 Å². The van der Waals surface area contributed by atoms with Crippen molar-refractivity contribution in [2.75, 3.05) is 19.5 Å². The third-order valence-corrected chi connectivity index (χ3v) is 3.28. The van der Waals surface area contributed by atoms with Crippen LogP contribution in [0.25, 0.3) is 0 Å². The van der Waals surface area contributed by atoms with Crippen molar-refractivity contribution in [3.63, 3.8) is 0 Å². The maximum Gasteiger partial charge on any atom is 0.351 e. The van der Waals surface area contributed by atoms with Crippen molar-refractivity contribution < 1.29 is 14.6 Å². The SMILES string of the molecule is CO[C@@H]1C(C)[C@@H](CO)O[C@H]1n1ccc(N)nc1=O. The van der Waals surface area contributed by atoms with Crippen LogP contribution in [0, 0.1) is 5.92 Å². The maximum absolute atomic E-state index is 11.8. The Labute approximate surface area is 104 Å². The molecule has 1 aromatic heterocycles. The Morgan fingerprint density at radius 1 is 1.67 bits per heavy atom. The lowest BCUT2D eigenvalue weighted by atomic mass is 10.0. The van der Waals surface area contributed by atoms with E-state index in [-0.39, 0.29) is 30.6 Å². The minimum Gasteiger partial charge on any atom is -0.394 e. The lowest BCUT2D eigenvalue weighted by Crippen LogP contribution is -2.34. The van der Waals surface area contributed by atoms with E-state index in [1.807, 2.05) is 6.92 Å². The minimum atomic E-state index is -0.595. The van der Waals surface area contributed by atoms with Crippen LogP contribution in [0.5, 0.6) is 0 Å². The van der Waals surface area contributed by atoms with Crippen LogP contribution >= 0.6 is 0 Å². The van der Waals surface area contributed by atoms with E-state index < -0.39 is 11.9 Å². The molecule has 7 nitrogen and oxygen atoms in total. The number of nitrogens with two attached hydrogens (primary N) is 1. The van der Waals surface area contributed by atoms with Crippen molar-refractivity contribution in [1.82, 2.24) is 9.55 Å². The lowest BCUT2D eigenvalue weighted by molar-refractivity contribution is -0.0624. The summed E-state index contributed by atoms with van der Waals surface area (Å²) in [7, 11) is 1.55. The first kappa shape index (κ1) is 13.0. The number of hydrogen-bond acceptors (Lipinski definition) is 6. The van der Waals surface area contributed by atoms with Gasteiger partial charge in [0.15, 0.2) is 6.23 Å². The number of hydrogen-bond donors (Lipinski definition) is 2. The Balaban J connectivity index is 2.35. The third-order valence-electron chi connectivity index (χ3n) is 3.28. The molecule has 1 aliphatic heterocycles. The van der Waals surface area contributed by atoms with Gasteiger partial charge in [0.2, 0.25) is 0 Å². The molecule has 2 rings (SSSR count). The molecule has 3 N–H and O–H groups in total. The maximum atomic E-state index is 11.8. The van der Waals surface area contributed by atoms with Gasteiger partial charge in [-0.25, -0.2) is 4.79 Å². The van der Waals surface area contributed by atoms with Crippen molar-refractivity contribution in [3.8, 4) is 0 Å². The molecule has 0 bridgehead atoms. The van der Waals surface area contributed by atoms with Gasteiger partial charge >= 0.3 is 5.69 Å². The second kappa shape index (κ2) is 5.05. The fourth-order valence-electron chi connectivity index (χ4n) is 2.24. The minimum absolute atomic E-state index is 0.0190. The first-order valence-corrected chi connectivity index (χ1v) is 5.72. The first-order valence-electron chi connectivity index (χ1n) is 5.72. The highest BCUT2D eigenvalue weighted by Gasteiger charge is 2.43. The smallest absolute Gasteiger partial charge is 0.351 e. The van der Waals surface area contributed by atoms with Gasteiger partial charge in [0.1, 0.15) is 11.9 Å². The van der Waals surface area contributed by atoms with Gasteiger partial charge in [0, 0.05) is 19.2 Å². The number of aromatic nitrogens is 2. The molecule has 100 valence electrons. The highest BCUT2D eigenvalue weighted by atomic mass is 16.6. The average Bonchev–Trinajstić information content (AvgIpc) is 2.65. The van der Waals surface area contributed by atoms with Crippen LogP contribution in [-0.2, 0) is 9.47 Å². The summed E-state index contributed by atoms with van der Waals surface area (Å²) in [5, 5.41) is 9.22. The summed E-state index contributed by atoms with van der Waals surface area (Å²) in [6, 6.07) is 1.52. The Morgan fingerprint density at radius 2 is 2.39 bits per heavy atom. The van der Waals surface area contributed by atoms with Gasteiger partial charge in [-0.05, 0) is 6.07 Å². The first-order chi connectivity index (χ1) is 8.58. The van der Waals surface area contributed by atoms with E-state index in [9.17, 15) is 9.90 Å². The van der Waals surface area contributed by atoms with Crippen LogP contribution in [0.1, 0.15) is 13.2 Å². The van der Waals surface area contributed by atoms with Gasteiger partial charge in [0.05, 0.1) is 12.7 Å². The van der Waals surface area contributed by atoms with E-state index in [4.69, 9.17) is 15.2 Å². The highest BCUT2D eigenvalue weighted by molar-refractivity contribution is 5.23. The number of aliphatic hydroxyl groups is 1. The molecule has 0 spiro atoms. The largest absolute Gasteiger partial charge is 0.394 e. The van der Waals surface area contributed by atoms with Crippen molar-refractivity contribution in [3.05, 3.63) is 22.7 Å². The van der Waals surface area contributed by atoms with Crippen LogP contribution in [0.15, 0.2) is 17.1 Å². The van der Waals surface area contributed by atoms with Gasteiger partial charge in [-0.15, -0.1) is 0 Å². The predicted molar refractivity (Wildman–Crippen MR) is 63.9 cm³/mol. The number of aliphatic hydroxyl groups excluding tert-OH is 1. The Bertz CT molecular complexity index is 476. The van der Waals surface area contributed by atoms with Crippen molar-refractivity contribution in [2.45, 2.75) is 25.4 Å². The normalized spacial score (nSPS) is 31.7. The molecule has 1 fully saturated rings. The molecule has 1 unspecified atom stereocenters. The summed E-state index contributed by atoms with van der Waals surface area (Å²) >= 11 is 0. The van der Waals surface area contributed by atoms with E-state index >= 15 is 0 Å². The fraction of sp³-hybridized carbons (Fsp3) is 0.636. The van der Waals surface area contributed by atoms with E-state index in [2.05, 4.69) is 4.98 Å². The molecule has 7 heteroatoms. The van der Waals surface area contributed by atoms with Gasteiger partial charge in [-0.2, -0.15) is 4.98 Å². The quantitative estimate of drug-likeness (QED) is 0.745. The summed E-state index contributed by atoms with van der Waals surface area (Å²) in [5.41, 5.74) is 4.94. The molecule has 1 aromatic rings. The van der Waals surface area contributed by atoms with Crippen molar-refractivity contribution in [2.24, 2.45) is 5.92 Å². The molecule has 18 heavy (non-hydrogen) atoms. The van der Waals surface area contributed by atoms with E-state index in [1.54, 1.807) is 7.11 Å². The number of methoxy groups -OCH3 is 1.